The third-order valence-electron chi connectivity index (χ3n) is 4.01. The lowest BCUT2D eigenvalue weighted by molar-refractivity contribution is 0.110. The molecule has 0 N–H and O–H groups in total. The normalized spacial score (nSPS) is 10.8. The van der Waals surface area contributed by atoms with E-state index in [0.717, 1.165) is 26.9 Å². The molecule has 0 bridgehead atoms. The van der Waals surface area contributed by atoms with Gasteiger partial charge in [0.15, 0.2) is 11.5 Å². The molecule has 0 spiro atoms. The van der Waals surface area contributed by atoms with E-state index in [1.54, 1.807) is 18.0 Å². The molecule has 0 fully saturated rings. The molecule has 2 aromatic carbocycles. The number of rotatable bonds is 5. The summed E-state index contributed by atoms with van der Waals surface area (Å²) >= 11 is 3.45. The van der Waals surface area contributed by atoms with E-state index in [-0.39, 0.29) is 0 Å². The topological polar surface area (TPSA) is 49.2 Å². The van der Waals surface area contributed by atoms with Gasteiger partial charge in [0.05, 0.1) is 7.11 Å². The summed E-state index contributed by atoms with van der Waals surface area (Å²) in [5.41, 5.74) is 3.48. The maximum Gasteiger partial charge on any atom is 0.181 e. The first-order valence-electron chi connectivity index (χ1n) is 8.10. The number of ether oxygens (including phenoxy) is 1. The van der Waals surface area contributed by atoms with E-state index in [1.165, 1.54) is 0 Å². The average molecular weight is 410 g/mol. The van der Waals surface area contributed by atoms with Gasteiger partial charge in [-0.3, -0.25) is 0 Å². The number of hydrogen-bond acceptors (Lipinski definition) is 4. The molecule has 0 saturated carbocycles. The van der Waals surface area contributed by atoms with Crippen LogP contribution in [0.25, 0.3) is 22.6 Å². The Morgan fingerprint density at radius 3 is 2.50 bits per heavy atom. The number of imidazole rings is 1. The highest BCUT2D eigenvalue weighted by Gasteiger charge is 2.15. The Bertz CT molecular complexity index is 1030. The molecule has 4 rings (SSSR count). The van der Waals surface area contributed by atoms with Gasteiger partial charge in [0.25, 0.3) is 0 Å². The van der Waals surface area contributed by atoms with Crippen molar-refractivity contribution in [1.29, 1.82) is 0 Å². The van der Waals surface area contributed by atoms with E-state index in [0.29, 0.717) is 18.1 Å². The smallest absolute Gasteiger partial charge is 0.181 e. The van der Waals surface area contributed by atoms with Crippen molar-refractivity contribution in [2.24, 2.45) is 0 Å². The lowest BCUT2D eigenvalue weighted by Gasteiger charge is -2.11. The summed E-state index contributed by atoms with van der Waals surface area (Å²) in [5.74, 6) is 1.50. The molecule has 26 heavy (non-hydrogen) atoms. The summed E-state index contributed by atoms with van der Waals surface area (Å²) in [5, 5.41) is 0. The van der Waals surface area contributed by atoms with Crippen LogP contribution in [0.1, 0.15) is 5.56 Å². The van der Waals surface area contributed by atoms with Crippen LogP contribution in [-0.2, 0) is 6.61 Å². The summed E-state index contributed by atoms with van der Waals surface area (Å²) in [7, 11) is 1.65. The van der Waals surface area contributed by atoms with E-state index >= 15 is 0 Å². The summed E-state index contributed by atoms with van der Waals surface area (Å²) in [6.45, 7) is 0.427. The molecule has 0 aliphatic heterocycles. The molecule has 0 amide bonds. The highest BCUT2D eigenvalue weighted by molar-refractivity contribution is 9.10. The second-order valence-electron chi connectivity index (χ2n) is 5.70. The Balaban J connectivity index is 1.72. The number of aromatic nitrogens is 3. The fourth-order valence-corrected chi connectivity index (χ4v) is 2.93. The summed E-state index contributed by atoms with van der Waals surface area (Å²) in [6.07, 6.45) is 1.73. The number of fused-ring (bicyclic) bond motifs is 1. The maximum atomic E-state index is 6.09. The monoisotopic (exact) mass is 409 g/mol. The van der Waals surface area contributed by atoms with Crippen LogP contribution in [0.3, 0.4) is 0 Å². The number of pyridine rings is 1. The fraction of sp³-hybridized carbons (Fsp3) is 0.100. The predicted molar refractivity (Wildman–Crippen MR) is 104 cm³/mol. The zero-order valence-corrected chi connectivity index (χ0v) is 15.7. The van der Waals surface area contributed by atoms with Gasteiger partial charge in [0, 0.05) is 16.2 Å². The second-order valence-corrected chi connectivity index (χ2v) is 6.62. The zero-order valence-electron chi connectivity index (χ0n) is 14.1. The van der Waals surface area contributed by atoms with Crippen LogP contribution in [0.5, 0.6) is 5.75 Å². The summed E-state index contributed by atoms with van der Waals surface area (Å²) < 4.78 is 8.02. The number of methoxy groups -OCH3 is 1. The molecule has 0 radical (unpaired) electrons. The Hall–Kier alpha value is -2.86. The van der Waals surface area contributed by atoms with E-state index in [9.17, 15) is 0 Å². The highest BCUT2D eigenvalue weighted by atomic mass is 79.9. The van der Waals surface area contributed by atoms with Crippen molar-refractivity contribution in [3.05, 3.63) is 76.9 Å². The second kappa shape index (κ2) is 7.17. The lowest BCUT2D eigenvalue weighted by atomic mass is 10.2. The van der Waals surface area contributed by atoms with Gasteiger partial charge in [-0.25, -0.2) is 9.97 Å². The fourth-order valence-electron chi connectivity index (χ4n) is 2.67. The Morgan fingerprint density at radius 2 is 1.77 bits per heavy atom. The zero-order chi connectivity index (χ0) is 17.9. The maximum absolute atomic E-state index is 6.09. The molecule has 2 aromatic heterocycles. The van der Waals surface area contributed by atoms with Crippen molar-refractivity contribution in [1.82, 2.24) is 14.7 Å². The molecule has 130 valence electrons. The van der Waals surface area contributed by atoms with E-state index in [4.69, 9.17) is 9.57 Å². The Kier molecular flexibility index (Phi) is 4.58. The number of nitrogens with zero attached hydrogens (tertiary/aromatic N) is 3. The van der Waals surface area contributed by atoms with Crippen LogP contribution in [0.4, 0.5) is 0 Å². The van der Waals surface area contributed by atoms with Crippen LogP contribution in [0, 0.1) is 0 Å². The van der Waals surface area contributed by atoms with Crippen molar-refractivity contribution in [2.75, 3.05) is 7.11 Å². The number of hydrogen-bond donors (Lipinski definition) is 0. The van der Waals surface area contributed by atoms with Crippen molar-refractivity contribution in [3.63, 3.8) is 0 Å². The minimum absolute atomic E-state index is 0.427. The van der Waals surface area contributed by atoms with Crippen LogP contribution in [-0.4, -0.2) is 21.8 Å². The first-order chi connectivity index (χ1) is 12.7. The molecular weight excluding hydrogens is 394 g/mol. The summed E-state index contributed by atoms with van der Waals surface area (Å²) in [4.78, 5) is 15.1. The molecule has 6 heteroatoms. The summed E-state index contributed by atoms with van der Waals surface area (Å²) in [6, 6.07) is 19.6. The molecule has 0 unspecified atom stereocenters. The standard InChI is InChI=1S/C20H16BrN3O2/c1-25-17-10-6-15(7-11-17)20-23-19-18(3-2-12-22-19)24(20)26-13-14-4-8-16(21)9-5-14/h2-12H,13H2,1H3. The van der Waals surface area contributed by atoms with E-state index < -0.39 is 0 Å². The van der Waals surface area contributed by atoms with Crippen LogP contribution in [0.2, 0.25) is 0 Å². The average Bonchev–Trinajstić information content (AvgIpc) is 3.06. The highest BCUT2D eigenvalue weighted by Crippen LogP contribution is 2.25. The van der Waals surface area contributed by atoms with Crippen LogP contribution in [0.15, 0.2) is 71.3 Å². The van der Waals surface area contributed by atoms with Crippen molar-refractivity contribution in [3.8, 4) is 17.1 Å². The van der Waals surface area contributed by atoms with E-state index in [2.05, 4.69) is 25.9 Å². The molecule has 4 aromatic rings. The van der Waals surface area contributed by atoms with Crippen LogP contribution < -0.4 is 9.57 Å². The van der Waals surface area contributed by atoms with Crippen molar-refractivity contribution < 1.29 is 9.57 Å². The Morgan fingerprint density at radius 1 is 1.00 bits per heavy atom. The lowest BCUT2D eigenvalue weighted by Crippen LogP contribution is -2.12. The van der Waals surface area contributed by atoms with Crippen molar-refractivity contribution in [2.45, 2.75) is 6.61 Å². The minimum atomic E-state index is 0.427. The van der Waals surface area contributed by atoms with E-state index in [1.807, 2.05) is 60.7 Å². The molecule has 2 heterocycles. The van der Waals surface area contributed by atoms with Crippen molar-refractivity contribution >= 4 is 27.1 Å². The Labute approximate surface area is 159 Å². The molecule has 0 saturated heterocycles. The molecule has 0 atom stereocenters. The SMILES string of the molecule is COc1ccc(-c2nc3ncccc3n2OCc2ccc(Br)cc2)cc1. The molecule has 0 aliphatic carbocycles. The van der Waals surface area contributed by atoms with Gasteiger partial charge in [-0.15, -0.1) is 0 Å². The molecule has 5 nitrogen and oxygen atoms in total. The van der Waals surface area contributed by atoms with Gasteiger partial charge in [0.1, 0.15) is 17.9 Å². The van der Waals surface area contributed by atoms with Gasteiger partial charge in [0.2, 0.25) is 0 Å². The van der Waals surface area contributed by atoms with Gasteiger partial charge in [-0.2, -0.15) is 4.73 Å². The number of benzene rings is 2. The predicted octanol–water partition coefficient (Wildman–Crippen LogP) is 4.50. The third kappa shape index (κ3) is 3.28. The molecule has 0 aliphatic rings. The van der Waals surface area contributed by atoms with Gasteiger partial charge >= 0.3 is 0 Å². The van der Waals surface area contributed by atoms with Gasteiger partial charge < -0.3 is 9.57 Å². The van der Waals surface area contributed by atoms with Crippen LogP contribution >= 0.6 is 15.9 Å². The molecular formula is C20H16BrN3O2. The largest absolute Gasteiger partial charge is 0.497 e. The first kappa shape index (κ1) is 16.6. The quantitative estimate of drug-likeness (QED) is 0.486. The third-order valence-corrected chi connectivity index (χ3v) is 4.54. The van der Waals surface area contributed by atoms with Gasteiger partial charge in [-0.05, 0) is 54.1 Å². The minimum Gasteiger partial charge on any atom is -0.497 e. The number of halogens is 1. The van der Waals surface area contributed by atoms with Gasteiger partial charge in [-0.1, -0.05) is 28.1 Å². The first-order valence-corrected chi connectivity index (χ1v) is 8.89.